The van der Waals surface area contributed by atoms with Crippen LogP contribution in [0.1, 0.15) is 17.5 Å². The monoisotopic (exact) mass is 593 g/mol. The topological polar surface area (TPSA) is 121 Å². The second-order valence-electron chi connectivity index (χ2n) is 8.58. The van der Waals surface area contributed by atoms with E-state index in [1.807, 2.05) is 0 Å². The molecule has 0 bridgehead atoms. The fourth-order valence-corrected chi connectivity index (χ4v) is 3.83. The predicted molar refractivity (Wildman–Crippen MR) is 130 cm³/mol. The molecule has 0 aliphatic heterocycles. The normalized spacial score (nSPS) is 12.7. The van der Waals surface area contributed by atoms with Crippen LogP contribution in [0, 0.1) is 0 Å². The van der Waals surface area contributed by atoms with Gasteiger partial charge < -0.3 is 15.8 Å². The molecule has 0 aliphatic carbocycles. The summed E-state index contributed by atoms with van der Waals surface area (Å²) < 4.78 is 84.0. The summed E-state index contributed by atoms with van der Waals surface area (Å²) in [4.78, 5) is 36.8. The Morgan fingerprint density at radius 2 is 1.75 bits per heavy atom. The van der Waals surface area contributed by atoms with Gasteiger partial charge in [0.05, 0.1) is 18.0 Å². The van der Waals surface area contributed by atoms with Gasteiger partial charge in [0.15, 0.2) is 5.82 Å². The van der Waals surface area contributed by atoms with Crippen molar-refractivity contribution in [2.24, 2.45) is 5.73 Å². The number of benzene rings is 2. The maximum absolute atomic E-state index is 13.1. The highest BCUT2D eigenvalue weighted by molar-refractivity contribution is 6.30. The van der Waals surface area contributed by atoms with Crippen molar-refractivity contribution in [3.05, 3.63) is 75.2 Å². The third kappa shape index (κ3) is 8.76. The summed E-state index contributed by atoms with van der Waals surface area (Å²) in [5.41, 5.74) is 3.43. The van der Waals surface area contributed by atoms with Gasteiger partial charge >= 0.3 is 24.1 Å². The lowest BCUT2D eigenvalue weighted by Crippen LogP contribution is -2.43. The number of hydrogen-bond acceptors (Lipinski definition) is 5. The Balaban J connectivity index is 1.84. The molecule has 1 atom stereocenters. The van der Waals surface area contributed by atoms with E-state index in [1.165, 1.54) is 30.3 Å². The molecule has 0 fully saturated rings. The number of halogens is 7. The van der Waals surface area contributed by atoms with E-state index in [0.717, 1.165) is 22.8 Å². The molecule has 0 spiro atoms. The van der Waals surface area contributed by atoms with Gasteiger partial charge in [0, 0.05) is 17.1 Å². The number of nitrogens with one attached hydrogen (secondary N) is 1. The fraction of sp³-hybridized carbons (Fsp3) is 0.333. The zero-order valence-electron chi connectivity index (χ0n) is 20.4. The van der Waals surface area contributed by atoms with Crippen LogP contribution in [0.5, 0.6) is 0 Å². The second-order valence-corrected chi connectivity index (χ2v) is 9.02. The zero-order valence-corrected chi connectivity index (χ0v) is 21.2. The van der Waals surface area contributed by atoms with Gasteiger partial charge in [-0.15, -0.1) is 5.10 Å². The van der Waals surface area contributed by atoms with Gasteiger partial charge in [0.2, 0.25) is 5.91 Å². The van der Waals surface area contributed by atoms with E-state index in [1.54, 1.807) is 0 Å². The second kappa shape index (κ2) is 12.4. The first-order chi connectivity index (χ1) is 18.6. The maximum Gasteiger partial charge on any atom is 0.416 e. The van der Waals surface area contributed by atoms with E-state index in [2.05, 4.69) is 10.4 Å². The van der Waals surface area contributed by atoms with Gasteiger partial charge in [-0.2, -0.15) is 26.3 Å². The number of carbonyl (C=O) groups is 2. The minimum atomic E-state index is -4.62. The van der Waals surface area contributed by atoms with E-state index in [0.29, 0.717) is 9.70 Å². The summed E-state index contributed by atoms with van der Waals surface area (Å²) in [6.45, 7) is -2.04. The number of aromatic nitrogens is 3. The van der Waals surface area contributed by atoms with Crippen molar-refractivity contribution < 1.29 is 40.7 Å². The quantitative estimate of drug-likeness (QED) is 0.342. The van der Waals surface area contributed by atoms with Crippen molar-refractivity contribution in [2.75, 3.05) is 6.61 Å². The van der Waals surface area contributed by atoms with E-state index in [9.17, 15) is 40.7 Å². The smallest absolute Gasteiger partial charge is 0.416 e. The van der Waals surface area contributed by atoms with Crippen molar-refractivity contribution in [1.82, 2.24) is 19.7 Å². The Bertz CT molecular complexity index is 1400. The minimum absolute atomic E-state index is 0.142. The van der Waals surface area contributed by atoms with Crippen LogP contribution in [0.15, 0.2) is 53.3 Å². The van der Waals surface area contributed by atoms with Gasteiger partial charge in [0.1, 0.15) is 13.2 Å². The Hall–Kier alpha value is -4.01. The molecular weight excluding hydrogens is 572 g/mol. The molecule has 1 heterocycles. The molecular formula is C24H22ClF6N5O4. The van der Waals surface area contributed by atoms with Crippen LogP contribution in [-0.2, 0) is 35.2 Å². The highest BCUT2D eigenvalue weighted by Crippen LogP contribution is 2.30. The van der Waals surface area contributed by atoms with Gasteiger partial charge in [-0.3, -0.25) is 9.36 Å². The summed E-state index contributed by atoms with van der Waals surface area (Å²) in [5, 5.41) is 6.78. The van der Waals surface area contributed by atoms with Crippen LogP contribution >= 0.6 is 11.6 Å². The molecule has 16 heteroatoms. The summed E-state index contributed by atoms with van der Waals surface area (Å²) >= 11 is 5.86. The number of alkyl halides is 6. The third-order valence-corrected chi connectivity index (χ3v) is 5.72. The Morgan fingerprint density at radius 1 is 1.07 bits per heavy atom. The van der Waals surface area contributed by atoms with Crippen molar-refractivity contribution in [2.45, 2.75) is 44.3 Å². The number of nitrogens with two attached hydrogens (primary N) is 1. The number of rotatable bonds is 10. The molecule has 0 radical (unpaired) electrons. The van der Waals surface area contributed by atoms with E-state index in [-0.39, 0.29) is 23.4 Å². The Labute approximate surface area is 227 Å². The number of amides is 2. The van der Waals surface area contributed by atoms with Crippen molar-refractivity contribution in [3.8, 4) is 11.4 Å². The highest BCUT2D eigenvalue weighted by atomic mass is 35.5. The summed E-state index contributed by atoms with van der Waals surface area (Å²) in [6, 6.07) is 8.93. The van der Waals surface area contributed by atoms with E-state index < -0.39 is 67.8 Å². The third-order valence-electron chi connectivity index (χ3n) is 5.47. The molecule has 3 aromatic rings. The van der Waals surface area contributed by atoms with E-state index in [4.69, 9.17) is 22.1 Å². The molecule has 216 valence electrons. The van der Waals surface area contributed by atoms with Gasteiger partial charge in [0.25, 0.3) is 0 Å². The molecule has 0 saturated heterocycles. The highest BCUT2D eigenvalue weighted by Gasteiger charge is 2.31. The fourth-order valence-electron chi connectivity index (χ4n) is 3.70. The summed E-state index contributed by atoms with van der Waals surface area (Å²) in [7, 11) is 0. The SMILES string of the molecule is NC(=O)OC[C@H](Cc1cccc(C(F)(F)F)c1)NC(=O)Cn1nc(-c2ccc(Cl)cc2)n(CCC(F)(F)F)c1=O. The average molecular weight is 594 g/mol. The summed E-state index contributed by atoms with van der Waals surface area (Å²) in [5.74, 6) is -1.02. The lowest BCUT2D eigenvalue weighted by Gasteiger charge is -2.19. The number of ether oxygens (including phenoxy) is 1. The molecule has 1 aromatic heterocycles. The van der Waals surface area contributed by atoms with Crippen LogP contribution in [-0.4, -0.2) is 45.2 Å². The Morgan fingerprint density at radius 3 is 2.35 bits per heavy atom. The molecule has 2 aromatic carbocycles. The van der Waals surface area contributed by atoms with Crippen LogP contribution in [0.2, 0.25) is 5.02 Å². The Kier molecular flexibility index (Phi) is 9.50. The molecule has 0 saturated carbocycles. The van der Waals surface area contributed by atoms with Crippen molar-refractivity contribution in [3.63, 3.8) is 0 Å². The predicted octanol–water partition coefficient (Wildman–Crippen LogP) is 4.16. The van der Waals surface area contributed by atoms with Crippen LogP contribution < -0.4 is 16.7 Å². The van der Waals surface area contributed by atoms with E-state index >= 15 is 0 Å². The van der Waals surface area contributed by atoms with Crippen LogP contribution in [0.3, 0.4) is 0 Å². The van der Waals surface area contributed by atoms with Crippen LogP contribution in [0.4, 0.5) is 31.1 Å². The van der Waals surface area contributed by atoms with Gasteiger partial charge in [-0.05, 0) is 42.3 Å². The first-order valence-electron chi connectivity index (χ1n) is 11.5. The maximum atomic E-state index is 13.1. The number of carbonyl (C=O) groups excluding carboxylic acids is 2. The minimum Gasteiger partial charge on any atom is -0.448 e. The molecule has 3 rings (SSSR count). The van der Waals surface area contributed by atoms with Crippen molar-refractivity contribution in [1.29, 1.82) is 0 Å². The first kappa shape index (κ1) is 30.5. The molecule has 9 nitrogen and oxygen atoms in total. The molecule has 0 unspecified atom stereocenters. The van der Waals surface area contributed by atoms with Gasteiger partial charge in [-0.25, -0.2) is 14.3 Å². The molecule has 2 amide bonds. The summed E-state index contributed by atoms with van der Waals surface area (Å²) in [6.07, 6.45) is -11.9. The lowest BCUT2D eigenvalue weighted by atomic mass is 10.0. The molecule has 3 N–H and O–H groups in total. The molecule has 0 aliphatic rings. The first-order valence-corrected chi connectivity index (χ1v) is 11.9. The largest absolute Gasteiger partial charge is 0.448 e. The van der Waals surface area contributed by atoms with Gasteiger partial charge in [-0.1, -0.05) is 29.8 Å². The standard InChI is InChI=1S/C24H22ClF6N5O4/c25-17-6-4-15(5-7-17)20-34-36(22(39)35(20)9-8-23(26,27)28)12-19(37)33-18(13-40-21(32)38)11-14-2-1-3-16(10-14)24(29,30)31/h1-7,10,18H,8-9,11-13H2,(H2,32,38)(H,33,37)/t18-/m0/s1. The van der Waals surface area contributed by atoms with Crippen molar-refractivity contribution >= 4 is 23.6 Å². The van der Waals surface area contributed by atoms with Crippen LogP contribution in [0.25, 0.3) is 11.4 Å². The zero-order chi connectivity index (χ0) is 29.7. The number of hydrogen-bond donors (Lipinski definition) is 2. The lowest BCUT2D eigenvalue weighted by molar-refractivity contribution is -0.138. The average Bonchev–Trinajstić information content (AvgIpc) is 3.15. The molecule has 40 heavy (non-hydrogen) atoms. The number of nitrogens with zero attached hydrogens (tertiary/aromatic N) is 3. The number of primary amides is 1.